The quantitative estimate of drug-likeness (QED) is 0.546. The smallest absolute Gasteiger partial charge is 0.326 e. The highest BCUT2D eigenvalue weighted by Crippen LogP contribution is 2.16. The van der Waals surface area contributed by atoms with Crippen LogP contribution < -0.4 is 10.9 Å². The van der Waals surface area contributed by atoms with Gasteiger partial charge in [0.2, 0.25) is 5.91 Å². The molecule has 0 aliphatic rings. The van der Waals surface area contributed by atoms with Crippen molar-refractivity contribution in [2.45, 2.75) is 24.9 Å². The van der Waals surface area contributed by atoms with Crippen molar-refractivity contribution in [2.24, 2.45) is 0 Å². The van der Waals surface area contributed by atoms with Gasteiger partial charge in [0.25, 0.3) is 5.56 Å². The minimum absolute atomic E-state index is 0.155. The van der Waals surface area contributed by atoms with Crippen LogP contribution in [0.15, 0.2) is 65.7 Å². The first-order valence-electron chi connectivity index (χ1n) is 9.53. The Morgan fingerprint density at radius 1 is 1.13 bits per heavy atom. The highest BCUT2D eigenvalue weighted by molar-refractivity contribution is 7.98. The van der Waals surface area contributed by atoms with E-state index >= 15 is 0 Å². The van der Waals surface area contributed by atoms with Crippen molar-refractivity contribution in [1.82, 2.24) is 14.9 Å². The SMILES string of the molecule is CSCCC(C(=O)NC(Cc1ccccc1)C(=O)O)n1cnc2ccccc2c1=O. The summed E-state index contributed by atoms with van der Waals surface area (Å²) in [6, 6.07) is 14.1. The first-order chi connectivity index (χ1) is 14.5. The van der Waals surface area contributed by atoms with Crippen molar-refractivity contribution < 1.29 is 14.7 Å². The summed E-state index contributed by atoms with van der Waals surface area (Å²) >= 11 is 1.55. The first kappa shape index (κ1) is 21.6. The van der Waals surface area contributed by atoms with Crippen LogP contribution in [-0.4, -0.2) is 44.6 Å². The van der Waals surface area contributed by atoms with Crippen LogP contribution in [0, 0.1) is 0 Å². The third kappa shape index (κ3) is 5.07. The lowest BCUT2D eigenvalue weighted by Gasteiger charge is -2.22. The average molecular weight is 426 g/mol. The Balaban J connectivity index is 1.89. The number of para-hydroxylation sites is 1. The Hall–Kier alpha value is -3.13. The first-order valence-corrected chi connectivity index (χ1v) is 10.9. The van der Waals surface area contributed by atoms with Crippen molar-refractivity contribution in [3.05, 3.63) is 76.8 Å². The molecule has 3 aromatic rings. The molecule has 2 aromatic carbocycles. The maximum absolute atomic E-state index is 13.1. The van der Waals surface area contributed by atoms with Gasteiger partial charge in [0.1, 0.15) is 12.1 Å². The maximum atomic E-state index is 13.1. The van der Waals surface area contributed by atoms with E-state index in [1.165, 1.54) is 10.9 Å². The Kier molecular flexibility index (Phi) is 7.24. The van der Waals surface area contributed by atoms with Crippen molar-refractivity contribution in [3.8, 4) is 0 Å². The summed E-state index contributed by atoms with van der Waals surface area (Å²) in [5.41, 5.74) is 1.03. The molecular formula is C22H23N3O4S. The molecule has 0 saturated carbocycles. The van der Waals surface area contributed by atoms with E-state index in [0.717, 1.165) is 5.56 Å². The number of nitrogens with one attached hydrogen (secondary N) is 1. The fourth-order valence-electron chi connectivity index (χ4n) is 3.25. The zero-order valence-electron chi connectivity index (χ0n) is 16.5. The highest BCUT2D eigenvalue weighted by atomic mass is 32.2. The second kappa shape index (κ2) is 10.1. The van der Waals surface area contributed by atoms with Crippen LogP contribution in [-0.2, 0) is 16.0 Å². The van der Waals surface area contributed by atoms with Crippen LogP contribution >= 0.6 is 11.8 Å². The van der Waals surface area contributed by atoms with Crippen LogP contribution in [0.25, 0.3) is 10.9 Å². The van der Waals surface area contributed by atoms with E-state index in [0.29, 0.717) is 23.1 Å². The Morgan fingerprint density at radius 3 is 2.53 bits per heavy atom. The fourth-order valence-corrected chi connectivity index (χ4v) is 3.71. The molecule has 30 heavy (non-hydrogen) atoms. The maximum Gasteiger partial charge on any atom is 0.326 e. The molecule has 3 rings (SSSR count). The van der Waals surface area contributed by atoms with Crippen molar-refractivity contribution in [2.75, 3.05) is 12.0 Å². The minimum atomic E-state index is -1.13. The minimum Gasteiger partial charge on any atom is -0.480 e. The number of carbonyl (C=O) groups is 2. The summed E-state index contributed by atoms with van der Waals surface area (Å²) in [4.78, 5) is 42.1. The van der Waals surface area contributed by atoms with Gasteiger partial charge in [-0.1, -0.05) is 42.5 Å². The molecule has 0 aliphatic carbocycles. The van der Waals surface area contributed by atoms with Gasteiger partial charge in [-0.05, 0) is 36.1 Å². The average Bonchev–Trinajstić information content (AvgIpc) is 2.75. The molecule has 156 valence electrons. The summed E-state index contributed by atoms with van der Waals surface area (Å²) in [7, 11) is 0. The number of hydrogen-bond donors (Lipinski definition) is 2. The summed E-state index contributed by atoms with van der Waals surface area (Å²) in [6.45, 7) is 0. The van der Waals surface area contributed by atoms with Crippen LogP contribution in [0.5, 0.6) is 0 Å². The zero-order chi connectivity index (χ0) is 21.5. The zero-order valence-corrected chi connectivity index (χ0v) is 17.3. The van der Waals surface area contributed by atoms with Gasteiger partial charge in [0.15, 0.2) is 0 Å². The Labute approximate surface area is 178 Å². The molecule has 0 spiro atoms. The Morgan fingerprint density at radius 2 is 1.83 bits per heavy atom. The molecule has 0 saturated heterocycles. The predicted octanol–water partition coefficient (Wildman–Crippen LogP) is 2.50. The summed E-state index contributed by atoms with van der Waals surface area (Å²) in [5.74, 6) is -1.00. The molecular weight excluding hydrogens is 402 g/mol. The summed E-state index contributed by atoms with van der Waals surface area (Å²) < 4.78 is 1.30. The van der Waals surface area contributed by atoms with Crippen LogP contribution in [0.4, 0.5) is 0 Å². The second-order valence-electron chi connectivity index (χ2n) is 6.86. The van der Waals surface area contributed by atoms with Gasteiger partial charge < -0.3 is 10.4 Å². The summed E-state index contributed by atoms with van der Waals surface area (Å²) in [6.07, 6.45) is 3.81. The standard InChI is InChI=1S/C22H23N3O4S/c1-30-12-11-19(25-14-23-17-10-6-5-9-16(17)21(25)27)20(26)24-18(22(28)29)13-15-7-3-2-4-8-15/h2-10,14,18-19H,11-13H2,1H3,(H,24,26)(H,28,29). The van der Waals surface area contributed by atoms with Gasteiger partial charge in [-0.25, -0.2) is 9.78 Å². The van der Waals surface area contributed by atoms with Crippen molar-refractivity contribution in [3.63, 3.8) is 0 Å². The topological polar surface area (TPSA) is 101 Å². The lowest BCUT2D eigenvalue weighted by atomic mass is 10.1. The van der Waals surface area contributed by atoms with E-state index < -0.39 is 24.0 Å². The molecule has 0 aliphatic heterocycles. The third-order valence-corrected chi connectivity index (χ3v) is 5.47. The second-order valence-corrected chi connectivity index (χ2v) is 7.85. The number of benzene rings is 2. The van der Waals surface area contributed by atoms with E-state index in [9.17, 15) is 19.5 Å². The number of thioether (sulfide) groups is 1. The number of nitrogens with zero attached hydrogens (tertiary/aromatic N) is 2. The number of aromatic nitrogens is 2. The van der Waals surface area contributed by atoms with Gasteiger partial charge in [-0.2, -0.15) is 11.8 Å². The van der Waals surface area contributed by atoms with E-state index in [1.54, 1.807) is 36.0 Å². The number of hydrogen-bond acceptors (Lipinski definition) is 5. The van der Waals surface area contributed by atoms with E-state index in [-0.39, 0.29) is 12.0 Å². The number of aliphatic carboxylic acids is 1. The monoisotopic (exact) mass is 425 g/mol. The van der Waals surface area contributed by atoms with Gasteiger partial charge in [0, 0.05) is 6.42 Å². The van der Waals surface area contributed by atoms with Crippen LogP contribution in [0.1, 0.15) is 18.0 Å². The number of fused-ring (bicyclic) bond motifs is 1. The van der Waals surface area contributed by atoms with E-state index in [1.807, 2.05) is 36.6 Å². The molecule has 2 N–H and O–H groups in total. The Bertz CT molecular complexity index is 1080. The molecule has 1 amide bonds. The molecule has 0 bridgehead atoms. The van der Waals surface area contributed by atoms with E-state index in [2.05, 4.69) is 10.3 Å². The largest absolute Gasteiger partial charge is 0.480 e. The number of carbonyl (C=O) groups excluding carboxylic acids is 1. The van der Waals surface area contributed by atoms with Crippen LogP contribution in [0.2, 0.25) is 0 Å². The lowest BCUT2D eigenvalue weighted by Crippen LogP contribution is -2.47. The highest BCUT2D eigenvalue weighted by Gasteiger charge is 2.27. The van der Waals surface area contributed by atoms with Gasteiger partial charge in [0.05, 0.1) is 17.2 Å². The number of carboxylic acid groups (broad SMARTS) is 1. The molecule has 7 nitrogen and oxygen atoms in total. The molecule has 1 aromatic heterocycles. The molecule has 0 radical (unpaired) electrons. The van der Waals surface area contributed by atoms with Gasteiger partial charge in [-0.15, -0.1) is 0 Å². The number of amides is 1. The molecule has 0 fully saturated rings. The van der Waals surface area contributed by atoms with Crippen molar-refractivity contribution in [1.29, 1.82) is 0 Å². The van der Waals surface area contributed by atoms with Crippen molar-refractivity contribution >= 4 is 34.5 Å². The normalized spacial score (nSPS) is 13.0. The number of carboxylic acids is 1. The lowest BCUT2D eigenvalue weighted by molar-refractivity contribution is -0.142. The summed E-state index contributed by atoms with van der Waals surface area (Å²) in [5, 5.41) is 12.6. The van der Waals surface area contributed by atoms with Gasteiger partial charge >= 0.3 is 5.97 Å². The van der Waals surface area contributed by atoms with E-state index in [4.69, 9.17) is 0 Å². The molecule has 2 unspecified atom stereocenters. The molecule has 1 heterocycles. The fraction of sp³-hybridized carbons (Fsp3) is 0.273. The van der Waals surface area contributed by atoms with Gasteiger partial charge in [-0.3, -0.25) is 14.2 Å². The molecule has 8 heteroatoms. The third-order valence-electron chi connectivity index (χ3n) is 4.82. The molecule has 2 atom stereocenters. The predicted molar refractivity (Wildman–Crippen MR) is 118 cm³/mol. The van der Waals surface area contributed by atoms with Crippen LogP contribution in [0.3, 0.4) is 0 Å². The number of rotatable bonds is 9.